The van der Waals surface area contributed by atoms with E-state index < -0.39 is 0 Å². The summed E-state index contributed by atoms with van der Waals surface area (Å²) in [7, 11) is 0. The molecule has 2 fully saturated rings. The summed E-state index contributed by atoms with van der Waals surface area (Å²) in [5.74, 6) is 3.17. The molecule has 4 atom stereocenters. The Morgan fingerprint density at radius 1 is 1.30 bits per heavy atom. The number of benzene rings is 1. The number of para-hydroxylation sites is 1. The molecular formula is C17H23NO2. The lowest BCUT2D eigenvalue weighted by Gasteiger charge is -2.28. The molecule has 1 aromatic carbocycles. The van der Waals surface area contributed by atoms with Gasteiger partial charge < -0.3 is 10.1 Å². The second-order valence-corrected chi connectivity index (χ2v) is 6.30. The molecule has 0 unspecified atom stereocenters. The summed E-state index contributed by atoms with van der Waals surface area (Å²) in [6.45, 7) is 2.25. The minimum Gasteiger partial charge on any atom is -0.484 e. The van der Waals surface area contributed by atoms with Crippen LogP contribution in [0.25, 0.3) is 0 Å². The molecule has 0 radical (unpaired) electrons. The molecule has 1 N–H and O–H groups in total. The van der Waals surface area contributed by atoms with E-state index in [0.717, 1.165) is 17.6 Å². The molecule has 3 heteroatoms. The number of hydrogen-bond donors (Lipinski definition) is 1. The Hall–Kier alpha value is -1.51. The molecule has 108 valence electrons. The van der Waals surface area contributed by atoms with Gasteiger partial charge in [0.25, 0.3) is 5.91 Å². The highest BCUT2D eigenvalue weighted by Gasteiger charge is 2.42. The maximum absolute atomic E-state index is 12.0. The highest BCUT2D eigenvalue weighted by molar-refractivity contribution is 5.77. The average molecular weight is 273 g/mol. The largest absolute Gasteiger partial charge is 0.484 e. The number of fused-ring (bicyclic) bond motifs is 2. The third kappa shape index (κ3) is 2.97. The monoisotopic (exact) mass is 273 g/mol. The predicted molar refractivity (Wildman–Crippen MR) is 78.5 cm³/mol. The Bertz CT molecular complexity index is 459. The van der Waals surface area contributed by atoms with Gasteiger partial charge >= 0.3 is 0 Å². The number of carbonyl (C=O) groups excluding carboxylic acids is 1. The molecule has 3 nitrogen and oxygen atoms in total. The lowest BCUT2D eigenvalue weighted by Crippen LogP contribution is -2.42. The molecule has 2 aliphatic rings. The van der Waals surface area contributed by atoms with Crippen molar-refractivity contribution in [1.82, 2.24) is 5.32 Å². The number of rotatable bonds is 5. The number of nitrogens with one attached hydrogen (secondary N) is 1. The van der Waals surface area contributed by atoms with Gasteiger partial charge in [-0.1, -0.05) is 24.6 Å². The van der Waals surface area contributed by atoms with E-state index in [0.29, 0.717) is 5.92 Å². The van der Waals surface area contributed by atoms with E-state index in [4.69, 9.17) is 4.74 Å². The van der Waals surface area contributed by atoms with Crippen molar-refractivity contribution in [2.45, 2.75) is 38.6 Å². The van der Waals surface area contributed by atoms with Crippen LogP contribution in [-0.2, 0) is 4.79 Å². The van der Waals surface area contributed by atoms with Crippen LogP contribution in [0.15, 0.2) is 30.3 Å². The second kappa shape index (κ2) is 5.86. The Labute approximate surface area is 120 Å². The van der Waals surface area contributed by atoms with E-state index >= 15 is 0 Å². The van der Waals surface area contributed by atoms with Gasteiger partial charge in [-0.3, -0.25) is 4.79 Å². The zero-order valence-electron chi connectivity index (χ0n) is 12.0. The molecule has 3 rings (SSSR count). The highest BCUT2D eigenvalue weighted by atomic mass is 16.5. The summed E-state index contributed by atoms with van der Waals surface area (Å²) in [6.07, 6.45) is 5.44. The van der Waals surface area contributed by atoms with Gasteiger partial charge in [0, 0.05) is 6.04 Å². The number of amides is 1. The summed E-state index contributed by atoms with van der Waals surface area (Å²) in [5.41, 5.74) is 0. The molecule has 2 aliphatic carbocycles. The smallest absolute Gasteiger partial charge is 0.258 e. The maximum atomic E-state index is 12.0. The van der Waals surface area contributed by atoms with E-state index in [1.54, 1.807) is 0 Å². The van der Waals surface area contributed by atoms with Crippen molar-refractivity contribution in [3.63, 3.8) is 0 Å². The first-order valence-electron chi connectivity index (χ1n) is 7.69. The first kappa shape index (κ1) is 13.5. The van der Waals surface area contributed by atoms with Crippen molar-refractivity contribution in [2.75, 3.05) is 6.61 Å². The van der Waals surface area contributed by atoms with Crippen LogP contribution >= 0.6 is 0 Å². The minimum absolute atomic E-state index is 0.0101. The standard InChI is InChI=1S/C17H23NO2/c1-12(16-10-13-7-8-14(16)9-13)18-17(19)11-20-15-5-3-2-4-6-15/h2-6,12-14,16H,7-11H2,1H3,(H,18,19)/t12-,13-,14-,16+/m1/s1. The van der Waals surface area contributed by atoms with E-state index in [9.17, 15) is 4.79 Å². The molecule has 0 aliphatic heterocycles. The minimum atomic E-state index is -0.0101. The van der Waals surface area contributed by atoms with Gasteiger partial charge in [-0.05, 0) is 56.1 Å². The van der Waals surface area contributed by atoms with Crippen molar-refractivity contribution >= 4 is 5.91 Å². The van der Waals surface area contributed by atoms with Crippen molar-refractivity contribution < 1.29 is 9.53 Å². The van der Waals surface area contributed by atoms with Gasteiger partial charge in [-0.25, -0.2) is 0 Å². The third-order valence-electron chi connectivity index (χ3n) is 4.94. The summed E-state index contributed by atoms with van der Waals surface area (Å²) in [6, 6.07) is 9.76. The summed E-state index contributed by atoms with van der Waals surface area (Å²) in [4.78, 5) is 12.0. The first-order valence-corrected chi connectivity index (χ1v) is 7.69. The van der Waals surface area contributed by atoms with Crippen LogP contribution < -0.4 is 10.1 Å². The lowest BCUT2D eigenvalue weighted by atomic mass is 9.84. The molecular weight excluding hydrogens is 250 g/mol. The fourth-order valence-electron chi connectivity index (χ4n) is 3.97. The van der Waals surface area contributed by atoms with Gasteiger partial charge in [-0.15, -0.1) is 0 Å². The molecule has 1 amide bonds. The number of hydrogen-bond acceptors (Lipinski definition) is 2. The summed E-state index contributed by atoms with van der Waals surface area (Å²) >= 11 is 0. The second-order valence-electron chi connectivity index (χ2n) is 6.30. The van der Waals surface area contributed by atoms with Gasteiger partial charge in [0.05, 0.1) is 0 Å². The first-order chi connectivity index (χ1) is 9.72. The fourth-order valence-corrected chi connectivity index (χ4v) is 3.97. The van der Waals surface area contributed by atoms with Crippen LogP contribution in [0.3, 0.4) is 0 Å². The van der Waals surface area contributed by atoms with Crippen LogP contribution in [0, 0.1) is 17.8 Å². The molecule has 1 aromatic rings. The molecule has 0 aromatic heterocycles. The van der Waals surface area contributed by atoms with Crippen molar-refractivity contribution in [2.24, 2.45) is 17.8 Å². The third-order valence-corrected chi connectivity index (χ3v) is 4.94. The van der Waals surface area contributed by atoms with Crippen LogP contribution in [-0.4, -0.2) is 18.6 Å². The van der Waals surface area contributed by atoms with Crippen LogP contribution in [0.4, 0.5) is 0 Å². The van der Waals surface area contributed by atoms with Crippen LogP contribution in [0.1, 0.15) is 32.6 Å². The quantitative estimate of drug-likeness (QED) is 0.895. The molecule has 2 saturated carbocycles. The Morgan fingerprint density at radius 3 is 2.75 bits per heavy atom. The van der Waals surface area contributed by atoms with Gasteiger partial charge in [0.1, 0.15) is 5.75 Å². The van der Waals surface area contributed by atoms with E-state index in [1.165, 1.54) is 25.7 Å². The van der Waals surface area contributed by atoms with Gasteiger partial charge in [0.2, 0.25) is 0 Å². The van der Waals surface area contributed by atoms with Crippen LogP contribution in [0.5, 0.6) is 5.75 Å². The SMILES string of the molecule is C[C@@H](NC(=O)COc1ccccc1)[C@@H]1C[C@@H]2CC[C@@H]1C2. The molecule has 0 saturated heterocycles. The van der Waals surface area contributed by atoms with Crippen molar-refractivity contribution in [3.8, 4) is 5.75 Å². The Kier molecular flexibility index (Phi) is 3.95. The summed E-state index contributed by atoms with van der Waals surface area (Å²) in [5, 5.41) is 3.11. The molecule has 0 heterocycles. The van der Waals surface area contributed by atoms with Crippen molar-refractivity contribution in [3.05, 3.63) is 30.3 Å². The average Bonchev–Trinajstić information content (AvgIpc) is 3.09. The van der Waals surface area contributed by atoms with E-state index in [-0.39, 0.29) is 18.6 Å². The fraction of sp³-hybridized carbons (Fsp3) is 0.588. The molecule has 20 heavy (non-hydrogen) atoms. The van der Waals surface area contributed by atoms with Gasteiger partial charge in [-0.2, -0.15) is 0 Å². The van der Waals surface area contributed by atoms with E-state index in [2.05, 4.69) is 12.2 Å². The Balaban J connectivity index is 1.44. The van der Waals surface area contributed by atoms with Gasteiger partial charge in [0.15, 0.2) is 6.61 Å². The van der Waals surface area contributed by atoms with Crippen molar-refractivity contribution in [1.29, 1.82) is 0 Å². The predicted octanol–water partition coefficient (Wildman–Crippen LogP) is 3.01. The number of ether oxygens (including phenoxy) is 1. The highest BCUT2D eigenvalue weighted by Crippen LogP contribution is 2.49. The number of carbonyl (C=O) groups is 1. The zero-order valence-corrected chi connectivity index (χ0v) is 12.0. The summed E-state index contributed by atoms with van der Waals surface area (Å²) < 4.78 is 5.48. The zero-order chi connectivity index (χ0) is 13.9. The normalized spacial score (nSPS) is 29.1. The maximum Gasteiger partial charge on any atom is 0.258 e. The topological polar surface area (TPSA) is 38.3 Å². The van der Waals surface area contributed by atoms with E-state index in [1.807, 2.05) is 30.3 Å². The Morgan fingerprint density at radius 2 is 2.10 bits per heavy atom. The van der Waals surface area contributed by atoms with Crippen LogP contribution in [0.2, 0.25) is 0 Å². The lowest BCUT2D eigenvalue weighted by molar-refractivity contribution is -0.124. The molecule has 0 spiro atoms. The molecule has 2 bridgehead atoms.